The summed E-state index contributed by atoms with van der Waals surface area (Å²) in [5.74, 6) is -0.606. The number of aryl methyl sites for hydroxylation is 2. The third-order valence-corrected chi connectivity index (χ3v) is 12.9. The number of nitrogen functional groups attached to an aromatic ring is 1. The number of carbonyl (C=O) groups excluding carboxylic acids is 1. The van der Waals surface area contributed by atoms with Gasteiger partial charge in [-0.3, -0.25) is 9.36 Å². The van der Waals surface area contributed by atoms with Crippen molar-refractivity contribution in [3.05, 3.63) is 142 Å². The predicted octanol–water partition coefficient (Wildman–Crippen LogP) is 5.02. The zero-order chi connectivity index (χ0) is 31.2. The van der Waals surface area contributed by atoms with Crippen molar-refractivity contribution in [2.24, 2.45) is 0 Å². The van der Waals surface area contributed by atoms with Gasteiger partial charge in [0.1, 0.15) is 9.49 Å². The van der Waals surface area contributed by atoms with Gasteiger partial charge in [-0.15, -0.1) is 0 Å². The van der Waals surface area contributed by atoms with Gasteiger partial charge in [0.05, 0.1) is 20.8 Å². The molecule has 0 saturated carbocycles. The number of fused-ring (bicyclic) bond motifs is 1. The molecule has 10 heteroatoms. The maximum Gasteiger partial charge on any atom is 0.250 e. The van der Waals surface area contributed by atoms with Crippen molar-refractivity contribution in [2.45, 2.75) is 33.9 Å². The van der Waals surface area contributed by atoms with Gasteiger partial charge in [0, 0.05) is 5.22 Å². The first-order valence-corrected chi connectivity index (χ1v) is 17.6. The Hall–Kier alpha value is -4.38. The molecule has 5 aromatic rings. The fourth-order valence-corrected chi connectivity index (χ4v) is 9.98. The molecule has 4 aromatic carbocycles. The van der Waals surface area contributed by atoms with Crippen LogP contribution in [0.1, 0.15) is 32.3 Å². The van der Waals surface area contributed by atoms with E-state index in [-0.39, 0.29) is 30.3 Å². The Morgan fingerprint density at radius 3 is 1.75 bits per heavy atom. The summed E-state index contributed by atoms with van der Waals surface area (Å²) in [5, 5.41) is -1.44. The Morgan fingerprint density at radius 1 is 0.705 bits per heavy atom. The Bertz CT molecular complexity index is 2240. The Labute approximate surface area is 260 Å². The number of thioether (sulfide) groups is 1. The lowest BCUT2D eigenvalue weighted by Gasteiger charge is -2.24. The largest absolute Gasteiger partial charge is 0.396 e. The van der Waals surface area contributed by atoms with Crippen LogP contribution in [0.4, 0.5) is 5.69 Å². The second-order valence-electron chi connectivity index (χ2n) is 10.5. The molecule has 0 radical (unpaired) electrons. The summed E-state index contributed by atoms with van der Waals surface area (Å²) in [6.07, 6.45) is 1.63. The number of rotatable bonds is 6. The zero-order valence-electron chi connectivity index (χ0n) is 23.8. The summed E-state index contributed by atoms with van der Waals surface area (Å²) >= 11 is 0.887. The molecule has 0 aliphatic carbocycles. The minimum Gasteiger partial charge on any atom is -0.396 e. The average molecular weight is 641 g/mol. The van der Waals surface area contributed by atoms with Crippen molar-refractivity contribution in [1.82, 2.24) is 4.57 Å². The van der Waals surface area contributed by atoms with E-state index in [1.165, 1.54) is 24.3 Å². The van der Waals surface area contributed by atoms with Crippen LogP contribution in [0.2, 0.25) is 0 Å². The van der Waals surface area contributed by atoms with Crippen LogP contribution >= 0.6 is 11.8 Å². The van der Waals surface area contributed by atoms with E-state index in [0.29, 0.717) is 11.1 Å². The van der Waals surface area contributed by atoms with Gasteiger partial charge in [0.2, 0.25) is 25.6 Å². The topological polar surface area (TPSA) is 116 Å². The van der Waals surface area contributed by atoms with E-state index < -0.39 is 35.9 Å². The van der Waals surface area contributed by atoms with Crippen LogP contribution in [0.15, 0.2) is 124 Å². The molecule has 44 heavy (non-hydrogen) atoms. The minimum absolute atomic E-state index is 0.0135. The summed E-state index contributed by atoms with van der Waals surface area (Å²) in [6.45, 7) is 3.83. The van der Waals surface area contributed by atoms with Crippen molar-refractivity contribution in [2.75, 3.05) is 5.73 Å². The molecule has 0 amide bonds. The minimum atomic E-state index is -4.39. The molecule has 1 atom stereocenters. The summed E-state index contributed by atoms with van der Waals surface area (Å²) in [5.41, 5.74) is 9.65. The number of hydrogen-bond acceptors (Lipinski definition) is 7. The van der Waals surface area contributed by atoms with Gasteiger partial charge in [0.25, 0.3) is 0 Å². The third-order valence-electron chi connectivity index (χ3n) is 7.44. The van der Waals surface area contributed by atoms with Crippen molar-refractivity contribution in [3.63, 3.8) is 0 Å². The van der Waals surface area contributed by atoms with Gasteiger partial charge in [-0.05, 0) is 55.3 Å². The molecule has 222 valence electrons. The van der Waals surface area contributed by atoms with E-state index in [4.69, 9.17) is 5.73 Å². The fraction of sp³-hybridized carbons (Fsp3) is 0.0882. The van der Waals surface area contributed by atoms with Crippen LogP contribution in [-0.4, -0.2) is 27.3 Å². The van der Waals surface area contributed by atoms with E-state index in [2.05, 4.69) is 0 Å². The van der Waals surface area contributed by atoms with E-state index in [1.807, 2.05) is 50.2 Å². The SMILES string of the molecule is Cc1ccc(/C=c2\c(N)c(S(=O)(=O)c3ccccc3)n3c2=C(S(=O)(=O)c2ccccc2)S[C@H](c2ccc(C)cc2)C3=O)cc1. The maximum atomic E-state index is 14.5. The molecule has 0 spiro atoms. The Kier molecular flexibility index (Phi) is 7.61. The normalized spacial score (nSPS) is 15.8. The van der Waals surface area contributed by atoms with Gasteiger partial charge in [0.15, 0.2) is 5.03 Å². The van der Waals surface area contributed by atoms with Crippen LogP contribution in [0.5, 0.6) is 0 Å². The fourth-order valence-electron chi connectivity index (χ4n) is 5.13. The number of sulfone groups is 2. The molecule has 0 unspecified atom stereocenters. The van der Waals surface area contributed by atoms with Crippen LogP contribution in [0.3, 0.4) is 0 Å². The molecule has 7 nitrogen and oxygen atoms in total. The molecule has 1 aliphatic heterocycles. The van der Waals surface area contributed by atoms with Gasteiger partial charge in [-0.25, -0.2) is 16.8 Å². The third kappa shape index (κ3) is 5.08. The van der Waals surface area contributed by atoms with E-state index in [9.17, 15) is 21.6 Å². The molecular formula is C34H28N2O5S3. The van der Waals surface area contributed by atoms with Gasteiger partial charge in [-0.1, -0.05) is 108 Å². The summed E-state index contributed by atoms with van der Waals surface area (Å²) in [7, 11) is -8.64. The number of benzene rings is 4. The second-order valence-corrected chi connectivity index (χ2v) is 15.7. The van der Waals surface area contributed by atoms with Crippen molar-refractivity contribution in [1.29, 1.82) is 0 Å². The molecule has 2 N–H and O–H groups in total. The lowest BCUT2D eigenvalue weighted by atomic mass is 10.1. The standard InChI is InChI=1S/C34H28N2O5S3/c1-22-13-17-24(18-14-22)21-28-29(35)33(43(38,39)26-9-5-3-6-10-26)36-30(28)34(44(40,41)27-11-7-4-8-12-27)42-31(32(36)37)25-19-15-23(2)16-20-25/h3-21,31H,35H2,1-2H3/b28-21+/t31-/m1/s1. The zero-order valence-corrected chi connectivity index (χ0v) is 26.3. The van der Waals surface area contributed by atoms with E-state index in [0.717, 1.165) is 27.5 Å². The summed E-state index contributed by atoms with van der Waals surface area (Å²) < 4.78 is 58.2. The van der Waals surface area contributed by atoms with Crippen molar-refractivity contribution < 1.29 is 21.6 Å². The molecule has 0 bridgehead atoms. The number of nitrogens with zero attached hydrogens (tertiary/aromatic N) is 1. The molecule has 0 saturated heterocycles. The average Bonchev–Trinajstić information content (AvgIpc) is 3.32. The Balaban J connectivity index is 1.80. The smallest absolute Gasteiger partial charge is 0.250 e. The molecular weight excluding hydrogens is 613 g/mol. The number of carbonyl (C=O) groups is 1. The van der Waals surface area contributed by atoms with Crippen LogP contribution < -0.4 is 16.3 Å². The predicted molar refractivity (Wildman–Crippen MR) is 174 cm³/mol. The lowest BCUT2D eigenvalue weighted by Crippen LogP contribution is -2.42. The van der Waals surface area contributed by atoms with Crippen LogP contribution in [0, 0.1) is 13.8 Å². The highest BCUT2D eigenvalue weighted by atomic mass is 32.3. The molecule has 1 aliphatic rings. The van der Waals surface area contributed by atoms with Gasteiger partial charge in [-0.2, -0.15) is 0 Å². The number of anilines is 1. The number of hydrogen-bond donors (Lipinski definition) is 1. The van der Waals surface area contributed by atoms with Crippen molar-refractivity contribution >= 4 is 53.3 Å². The number of nitrogens with two attached hydrogens (primary N) is 1. The quantitative estimate of drug-likeness (QED) is 0.277. The summed E-state index contributed by atoms with van der Waals surface area (Å²) in [6, 6.07) is 30.1. The van der Waals surface area contributed by atoms with Crippen LogP contribution in [0.25, 0.3) is 10.3 Å². The van der Waals surface area contributed by atoms with Crippen LogP contribution in [-0.2, 0) is 19.7 Å². The highest BCUT2D eigenvalue weighted by molar-refractivity contribution is 8.26. The molecule has 1 aromatic heterocycles. The highest BCUT2D eigenvalue weighted by Crippen LogP contribution is 2.44. The number of aromatic nitrogens is 1. The first-order chi connectivity index (χ1) is 21.0. The van der Waals surface area contributed by atoms with Gasteiger partial charge >= 0.3 is 0 Å². The Morgan fingerprint density at radius 2 is 1.20 bits per heavy atom. The maximum absolute atomic E-state index is 14.5. The van der Waals surface area contributed by atoms with Gasteiger partial charge < -0.3 is 5.73 Å². The highest BCUT2D eigenvalue weighted by Gasteiger charge is 2.41. The first-order valence-electron chi connectivity index (χ1n) is 13.7. The first kappa shape index (κ1) is 29.7. The molecule has 0 fully saturated rings. The lowest BCUT2D eigenvalue weighted by molar-refractivity contribution is 0.0895. The van der Waals surface area contributed by atoms with E-state index in [1.54, 1.807) is 54.6 Å². The molecule has 2 heterocycles. The summed E-state index contributed by atoms with van der Waals surface area (Å²) in [4.78, 5) is 14.4. The monoisotopic (exact) mass is 640 g/mol. The van der Waals surface area contributed by atoms with Crippen molar-refractivity contribution in [3.8, 4) is 0 Å². The molecule has 6 rings (SSSR count). The van der Waals surface area contributed by atoms with E-state index >= 15 is 0 Å². The second kappa shape index (κ2) is 11.3.